The van der Waals surface area contributed by atoms with Gasteiger partial charge in [0.15, 0.2) is 0 Å². The summed E-state index contributed by atoms with van der Waals surface area (Å²) in [6.45, 7) is 2.07. The Morgan fingerprint density at radius 2 is 1.77 bits per heavy atom. The molecule has 1 aromatic heterocycles. The first-order valence-corrected chi connectivity index (χ1v) is 12.7. The number of amides is 2. The zero-order valence-corrected chi connectivity index (χ0v) is 21.7. The van der Waals surface area contributed by atoms with Crippen LogP contribution in [0.15, 0.2) is 47.0 Å². The van der Waals surface area contributed by atoms with Crippen molar-refractivity contribution >= 4 is 34.8 Å². The van der Waals surface area contributed by atoms with Gasteiger partial charge in [0.1, 0.15) is 12.6 Å². The molecule has 1 fully saturated rings. The van der Waals surface area contributed by atoms with Gasteiger partial charge in [0.2, 0.25) is 17.6 Å². The first-order valence-electron chi connectivity index (χ1n) is 12.3. The van der Waals surface area contributed by atoms with Gasteiger partial charge >= 0.3 is 0 Å². The van der Waals surface area contributed by atoms with Gasteiger partial charge in [0, 0.05) is 35.8 Å². The van der Waals surface area contributed by atoms with Crippen LogP contribution in [-0.2, 0) is 4.79 Å². The molecule has 14 heteroatoms. The third-order valence-corrected chi connectivity index (χ3v) is 6.58. The fraction of sp³-hybridized carbons (Fsp3) is 0.360. The van der Waals surface area contributed by atoms with Crippen LogP contribution in [0, 0.1) is 20.2 Å². The summed E-state index contributed by atoms with van der Waals surface area (Å²) in [5.74, 6) is -0.452. The van der Waals surface area contributed by atoms with E-state index in [-0.39, 0.29) is 30.5 Å². The fourth-order valence-corrected chi connectivity index (χ4v) is 4.59. The molecule has 0 N–H and O–H groups in total. The smallest absolute Gasteiger partial charge is 0.277 e. The molecule has 1 unspecified atom stereocenters. The summed E-state index contributed by atoms with van der Waals surface area (Å²) < 4.78 is 5.51. The van der Waals surface area contributed by atoms with Crippen molar-refractivity contribution in [3.05, 3.63) is 79.2 Å². The number of carbonyl (C=O) groups is 2. The van der Waals surface area contributed by atoms with Crippen LogP contribution in [0.2, 0.25) is 5.02 Å². The van der Waals surface area contributed by atoms with Gasteiger partial charge in [0.25, 0.3) is 17.3 Å². The molecule has 2 aromatic carbocycles. The molecule has 1 aliphatic heterocycles. The molecule has 0 spiro atoms. The standard InChI is InChI=1S/C25H25ClN6O7/c1-2-10-29(25(34)17-12-19(31(35)36)14-20(13-17)32(37)38)15-22(33)30-11-4-3-5-21(30)24-27-23(28-39-24)16-6-8-18(26)9-7-16/h6-9,12-14,21H,2-5,10-11,15H2,1H3. The van der Waals surface area contributed by atoms with Gasteiger partial charge in [0.05, 0.1) is 21.5 Å². The van der Waals surface area contributed by atoms with Crippen molar-refractivity contribution < 1.29 is 24.0 Å². The van der Waals surface area contributed by atoms with Gasteiger partial charge < -0.3 is 14.3 Å². The monoisotopic (exact) mass is 556 g/mol. The van der Waals surface area contributed by atoms with E-state index in [1.54, 1.807) is 36.1 Å². The lowest BCUT2D eigenvalue weighted by Gasteiger charge is -2.35. The molecule has 1 atom stereocenters. The van der Waals surface area contributed by atoms with Crippen molar-refractivity contribution in [1.29, 1.82) is 0 Å². The van der Waals surface area contributed by atoms with Gasteiger partial charge in [-0.2, -0.15) is 4.98 Å². The van der Waals surface area contributed by atoms with E-state index in [2.05, 4.69) is 10.1 Å². The number of halogens is 1. The molecule has 2 heterocycles. The van der Waals surface area contributed by atoms with Crippen molar-refractivity contribution in [2.24, 2.45) is 0 Å². The Bertz CT molecular complexity index is 1360. The van der Waals surface area contributed by atoms with E-state index in [9.17, 15) is 29.8 Å². The maximum atomic E-state index is 13.5. The number of nitro groups is 2. The average molecular weight is 557 g/mol. The predicted octanol–water partition coefficient (Wildman–Crippen LogP) is 4.81. The molecule has 1 aliphatic rings. The molecule has 13 nitrogen and oxygen atoms in total. The molecular formula is C25H25ClN6O7. The van der Waals surface area contributed by atoms with Crippen molar-refractivity contribution in [1.82, 2.24) is 19.9 Å². The van der Waals surface area contributed by atoms with Crippen LogP contribution in [0.5, 0.6) is 0 Å². The predicted molar refractivity (Wildman–Crippen MR) is 139 cm³/mol. The van der Waals surface area contributed by atoms with Crippen molar-refractivity contribution in [3.8, 4) is 11.4 Å². The number of hydrogen-bond donors (Lipinski definition) is 0. The number of nitrogens with zero attached hydrogens (tertiary/aromatic N) is 6. The average Bonchev–Trinajstić information content (AvgIpc) is 3.42. The second kappa shape index (κ2) is 12.0. The third-order valence-electron chi connectivity index (χ3n) is 6.33. The minimum atomic E-state index is -0.805. The summed E-state index contributed by atoms with van der Waals surface area (Å²) in [4.78, 5) is 55.1. The molecule has 4 rings (SSSR count). The number of piperidine rings is 1. The van der Waals surface area contributed by atoms with Gasteiger partial charge in [-0.25, -0.2) is 0 Å². The van der Waals surface area contributed by atoms with Crippen molar-refractivity contribution in [3.63, 3.8) is 0 Å². The Hall–Kier alpha value is -4.39. The highest BCUT2D eigenvalue weighted by Crippen LogP contribution is 2.32. The number of nitro benzene ring substituents is 2. The van der Waals surface area contributed by atoms with Crippen LogP contribution in [0.1, 0.15) is 54.9 Å². The molecule has 0 aliphatic carbocycles. The van der Waals surface area contributed by atoms with Crippen LogP contribution < -0.4 is 0 Å². The Morgan fingerprint density at radius 3 is 2.38 bits per heavy atom. The summed E-state index contributed by atoms with van der Waals surface area (Å²) in [7, 11) is 0. The molecular weight excluding hydrogens is 532 g/mol. The van der Waals surface area contributed by atoms with Crippen molar-refractivity contribution in [2.75, 3.05) is 19.6 Å². The van der Waals surface area contributed by atoms with Gasteiger partial charge in [-0.05, 0) is 49.9 Å². The summed E-state index contributed by atoms with van der Waals surface area (Å²) in [6, 6.07) is 9.17. The van der Waals surface area contributed by atoms with E-state index >= 15 is 0 Å². The summed E-state index contributed by atoms with van der Waals surface area (Å²) in [6.07, 6.45) is 2.67. The summed E-state index contributed by atoms with van der Waals surface area (Å²) in [5, 5.41) is 27.2. The summed E-state index contributed by atoms with van der Waals surface area (Å²) in [5.41, 5.74) is -0.704. The van der Waals surface area contributed by atoms with E-state index in [0.717, 1.165) is 31.0 Å². The first kappa shape index (κ1) is 27.6. The highest BCUT2D eigenvalue weighted by Gasteiger charge is 2.34. The van der Waals surface area contributed by atoms with Crippen LogP contribution >= 0.6 is 11.6 Å². The second-order valence-corrected chi connectivity index (χ2v) is 9.48. The van der Waals surface area contributed by atoms with Crippen LogP contribution in [-0.4, -0.2) is 61.2 Å². The number of benzene rings is 2. The molecule has 0 bridgehead atoms. The SMILES string of the molecule is CCCN(CC(=O)N1CCCCC1c1nc(-c2ccc(Cl)cc2)no1)C(=O)c1cc([N+](=O)[O-])cc([N+](=O)[O-])c1. The number of aromatic nitrogens is 2. The largest absolute Gasteiger partial charge is 0.337 e. The minimum Gasteiger partial charge on any atom is -0.337 e. The molecule has 3 aromatic rings. The Labute approximate surface area is 227 Å². The van der Waals surface area contributed by atoms with Gasteiger partial charge in [-0.3, -0.25) is 29.8 Å². The quantitative estimate of drug-likeness (QED) is 0.265. The molecule has 39 heavy (non-hydrogen) atoms. The van der Waals surface area contributed by atoms with Gasteiger partial charge in [-0.1, -0.05) is 23.7 Å². The number of rotatable bonds is 9. The highest BCUT2D eigenvalue weighted by atomic mass is 35.5. The van der Waals surface area contributed by atoms with Crippen LogP contribution in [0.3, 0.4) is 0 Å². The number of hydrogen-bond acceptors (Lipinski definition) is 9. The maximum Gasteiger partial charge on any atom is 0.277 e. The van der Waals surface area contributed by atoms with Gasteiger partial charge in [-0.15, -0.1) is 0 Å². The Morgan fingerprint density at radius 1 is 1.10 bits per heavy atom. The van der Waals surface area contributed by atoms with E-state index in [1.165, 1.54) is 4.90 Å². The molecule has 204 valence electrons. The molecule has 1 saturated heterocycles. The Balaban J connectivity index is 1.56. The number of non-ortho nitro benzene ring substituents is 2. The Kier molecular flexibility index (Phi) is 8.49. The molecule has 2 amide bonds. The lowest BCUT2D eigenvalue weighted by molar-refractivity contribution is -0.394. The van der Waals surface area contributed by atoms with E-state index < -0.39 is 33.2 Å². The van der Waals surface area contributed by atoms with Crippen LogP contribution in [0.25, 0.3) is 11.4 Å². The molecule has 0 saturated carbocycles. The fourth-order valence-electron chi connectivity index (χ4n) is 4.46. The first-order chi connectivity index (χ1) is 18.7. The lowest BCUT2D eigenvalue weighted by Crippen LogP contribution is -2.46. The highest BCUT2D eigenvalue weighted by molar-refractivity contribution is 6.30. The lowest BCUT2D eigenvalue weighted by atomic mass is 10.0. The molecule has 0 radical (unpaired) electrons. The van der Waals surface area contributed by atoms with E-state index in [1.807, 2.05) is 0 Å². The minimum absolute atomic E-state index is 0.168. The second-order valence-electron chi connectivity index (χ2n) is 9.04. The maximum absolute atomic E-state index is 13.5. The normalized spacial score (nSPS) is 15.1. The van der Waals surface area contributed by atoms with E-state index in [0.29, 0.717) is 35.8 Å². The number of carbonyl (C=O) groups excluding carboxylic acids is 2. The zero-order valence-electron chi connectivity index (χ0n) is 21.0. The topological polar surface area (TPSA) is 166 Å². The van der Waals surface area contributed by atoms with E-state index in [4.69, 9.17) is 16.1 Å². The third kappa shape index (κ3) is 6.37. The van der Waals surface area contributed by atoms with Crippen molar-refractivity contribution in [2.45, 2.75) is 38.6 Å². The van der Waals surface area contributed by atoms with Crippen LogP contribution in [0.4, 0.5) is 11.4 Å². The summed E-state index contributed by atoms with van der Waals surface area (Å²) >= 11 is 5.95. The number of likely N-dealkylation sites (tertiary alicyclic amines) is 1. The zero-order chi connectivity index (χ0) is 28.1.